The Morgan fingerprint density at radius 2 is 2.00 bits per heavy atom. The van der Waals surface area contributed by atoms with E-state index in [1.807, 2.05) is 11.6 Å². The molecule has 1 unspecified atom stereocenters. The van der Waals surface area contributed by atoms with Crippen molar-refractivity contribution in [3.63, 3.8) is 0 Å². The lowest BCUT2D eigenvalue weighted by atomic mass is 9.75. The second-order valence-corrected chi connectivity index (χ2v) is 7.18. The lowest BCUT2D eigenvalue weighted by Gasteiger charge is -2.38. The minimum absolute atomic E-state index is 0.451. The molecule has 5 heteroatoms. The zero-order valence-electron chi connectivity index (χ0n) is 13.3. The Kier molecular flexibility index (Phi) is 5.49. The quantitative estimate of drug-likeness (QED) is 0.850. The van der Waals surface area contributed by atoms with Gasteiger partial charge in [-0.2, -0.15) is 5.10 Å². The number of aromatic nitrogens is 2. The molecule has 0 bridgehead atoms. The molecule has 0 aliphatic heterocycles. The van der Waals surface area contributed by atoms with Crippen LogP contribution in [0.1, 0.15) is 57.8 Å². The van der Waals surface area contributed by atoms with Crippen molar-refractivity contribution >= 4 is 15.9 Å². The van der Waals surface area contributed by atoms with Crippen molar-refractivity contribution in [2.24, 2.45) is 5.92 Å². The van der Waals surface area contributed by atoms with Gasteiger partial charge in [-0.25, -0.2) is 0 Å². The summed E-state index contributed by atoms with van der Waals surface area (Å²) in [5.74, 6) is 0.650. The second kappa shape index (κ2) is 6.80. The fourth-order valence-electron chi connectivity index (χ4n) is 3.18. The van der Waals surface area contributed by atoms with Crippen LogP contribution in [0.25, 0.3) is 0 Å². The number of aryl methyl sites for hydroxylation is 2. The van der Waals surface area contributed by atoms with Gasteiger partial charge in [0.15, 0.2) is 0 Å². The molecule has 0 aromatic carbocycles. The van der Waals surface area contributed by atoms with Crippen molar-refractivity contribution in [3.05, 3.63) is 15.9 Å². The number of rotatable bonds is 5. The Hall–Kier alpha value is -0.390. The smallest absolute Gasteiger partial charge is 0.0909 e. The summed E-state index contributed by atoms with van der Waals surface area (Å²) < 4.78 is 2.92. The van der Waals surface area contributed by atoms with Gasteiger partial charge in [0.05, 0.1) is 27.6 Å². The fourth-order valence-corrected chi connectivity index (χ4v) is 3.91. The average molecular weight is 359 g/mol. The highest BCUT2D eigenvalue weighted by Gasteiger charge is 2.39. The second-order valence-electron chi connectivity index (χ2n) is 6.38. The van der Waals surface area contributed by atoms with E-state index in [0.717, 1.165) is 41.7 Å². The van der Waals surface area contributed by atoms with Crippen LogP contribution in [-0.2, 0) is 19.4 Å². The van der Waals surface area contributed by atoms with Crippen LogP contribution in [0.3, 0.4) is 0 Å². The molecule has 2 N–H and O–H groups in total. The molecule has 0 amide bonds. The minimum Gasteiger partial charge on any atom is -0.390 e. The highest BCUT2D eigenvalue weighted by Crippen LogP contribution is 2.36. The van der Waals surface area contributed by atoms with Crippen molar-refractivity contribution in [3.8, 4) is 0 Å². The van der Waals surface area contributed by atoms with E-state index in [2.05, 4.69) is 34.9 Å². The molecule has 1 aromatic heterocycles. The number of halogens is 1. The van der Waals surface area contributed by atoms with Gasteiger partial charge in [-0.3, -0.25) is 4.68 Å². The molecule has 1 fully saturated rings. The number of aliphatic hydroxyl groups excluding tert-OH is 1. The van der Waals surface area contributed by atoms with Crippen molar-refractivity contribution in [2.75, 3.05) is 0 Å². The zero-order valence-corrected chi connectivity index (χ0v) is 14.9. The third-order valence-electron chi connectivity index (χ3n) is 4.84. The van der Waals surface area contributed by atoms with E-state index in [0.29, 0.717) is 25.2 Å². The number of nitrogens with zero attached hydrogens (tertiary/aromatic N) is 2. The molecule has 21 heavy (non-hydrogen) atoms. The Balaban J connectivity index is 2.15. The van der Waals surface area contributed by atoms with Crippen LogP contribution in [-0.4, -0.2) is 31.7 Å². The standard InChI is InChI=1S/C16H27BrN2O2/c1-4-12-15(17)13(19(5-2)18-12)10-14(20)16(21)8-6-11(3)7-9-16/h11,14,20-21H,4-10H2,1-3H3. The highest BCUT2D eigenvalue weighted by molar-refractivity contribution is 9.10. The molecular formula is C16H27BrN2O2. The van der Waals surface area contributed by atoms with Crippen LogP contribution in [0.4, 0.5) is 0 Å². The van der Waals surface area contributed by atoms with Crippen LogP contribution < -0.4 is 0 Å². The highest BCUT2D eigenvalue weighted by atomic mass is 79.9. The lowest BCUT2D eigenvalue weighted by Crippen LogP contribution is -2.46. The number of hydrogen-bond donors (Lipinski definition) is 2. The van der Waals surface area contributed by atoms with E-state index < -0.39 is 11.7 Å². The van der Waals surface area contributed by atoms with Crippen molar-refractivity contribution in [2.45, 2.75) is 77.5 Å². The van der Waals surface area contributed by atoms with Gasteiger partial charge in [0.2, 0.25) is 0 Å². The molecule has 1 aromatic rings. The van der Waals surface area contributed by atoms with Crippen LogP contribution in [0.5, 0.6) is 0 Å². The Morgan fingerprint density at radius 3 is 2.52 bits per heavy atom. The molecule has 0 saturated heterocycles. The molecule has 1 aliphatic carbocycles. The van der Waals surface area contributed by atoms with Crippen molar-refractivity contribution < 1.29 is 10.2 Å². The van der Waals surface area contributed by atoms with Crippen molar-refractivity contribution in [1.82, 2.24) is 9.78 Å². The van der Waals surface area contributed by atoms with Gasteiger partial charge in [0.1, 0.15) is 0 Å². The summed E-state index contributed by atoms with van der Waals surface area (Å²) in [7, 11) is 0. The van der Waals surface area contributed by atoms with E-state index in [4.69, 9.17) is 0 Å². The van der Waals surface area contributed by atoms with Gasteiger partial charge in [-0.05, 0) is 60.9 Å². The lowest BCUT2D eigenvalue weighted by molar-refractivity contribution is -0.103. The summed E-state index contributed by atoms with van der Waals surface area (Å²) in [6.07, 6.45) is 3.93. The maximum atomic E-state index is 10.7. The molecule has 120 valence electrons. The van der Waals surface area contributed by atoms with E-state index in [1.54, 1.807) is 0 Å². The molecular weight excluding hydrogens is 332 g/mol. The van der Waals surface area contributed by atoms with Gasteiger partial charge < -0.3 is 10.2 Å². The van der Waals surface area contributed by atoms with Gasteiger partial charge >= 0.3 is 0 Å². The summed E-state index contributed by atoms with van der Waals surface area (Å²) >= 11 is 3.61. The summed E-state index contributed by atoms with van der Waals surface area (Å²) in [5.41, 5.74) is 1.07. The first-order chi connectivity index (χ1) is 9.91. The van der Waals surface area contributed by atoms with E-state index in [1.165, 1.54) is 0 Å². The largest absolute Gasteiger partial charge is 0.390 e. The normalized spacial score (nSPS) is 27.8. The average Bonchev–Trinajstić information content (AvgIpc) is 2.78. The maximum absolute atomic E-state index is 10.7. The SMILES string of the molecule is CCc1nn(CC)c(CC(O)C2(O)CCC(C)CC2)c1Br. The molecule has 1 saturated carbocycles. The third-order valence-corrected chi connectivity index (χ3v) is 5.76. The zero-order chi connectivity index (χ0) is 15.6. The maximum Gasteiger partial charge on any atom is 0.0909 e. The van der Waals surface area contributed by atoms with Crippen LogP contribution in [0.2, 0.25) is 0 Å². The van der Waals surface area contributed by atoms with E-state index in [-0.39, 0.29) is 0 Å². The predicted octanol–water partition coefficient (Wildman–Crippen LogP) is 3.07. The molecule has 1 heterocycles. The van der Waals surface area contributed by atoms with Crippen LogP contribution in [0.15, 0.2) is 4.47 Å². The van der Waals surface area contributed by atoms with Crippen LogP contribution >= 0.6 is 15.9 Å². The fraction of sp³-hybridized carbons (Fsp3) is 0.812. The summed E-state index contributed by atoms with van der Waals surface area (Å²) in [4.78, 5) is 0. The predicted molar refractivity (Wildman–Crippen MR) is 87.3 cm³/mol. The van der Waals surface area contributed by atoms with E-state index in [9.17, 15) is 10.2 Å². The van der Waals surface area contributed by atoms with Crippen molar-refractivity contribution in [1.29, 1.82) is 0 Å². The van der Waals surface area contributed by atoms with Crippen LogP contribution in [0, 0.1) is 5.92 Å². The Morgan fingerprint density at radius 1 is 1.38 bits per heavy atom. The third kappa shape index (κ3) is 3.51. The topological polar surface area (TPSA) is 58.3 Å². The monoisotopic (exact) mass is 358 g/mol. The van der Waals surface area contributed by atoms with Gasteiger partial charge in [0, 0.05) is 13.0 Å². The molecule has 0 radical (unpaired) electrons. The minimum atomic E-state index is -0.943. The summed E-state index contributed by atoms with van der Waals surface area (Å²) in [6, 6.07) is 0. The van der Waals surface area contributed by atoms with E-state index >= 15 is 0 Å². The first kappa shape index (κ1) is 17.0. The summed E-state index contributed by atoms with van der Waals surface area (Å²) in [5, 5.41) is 25.9. The first-order valence-electron chi connectivity index (χ1n) is 8.05. The molecule has 0 spiro atoms. The molecule has 1 atom stereocenters. The van der Waals surface area contributed by atoms with Gasteiger partial charge in [0.25, 0.3) is 0 Å². The Bertz CT molecular complexity index is 479. The van der Waals surface area contributed by atoms with Gasteiger partial charge in [-0.15, -0.1) is 0 Å². The number of aliphatic hydroxyl groups is 2. The van der Waals surface area contributed by atoms with Gasteiger partial charge in [-0.1, -0.05) is 13.8 Å². The molecule has 2 rings (SSSR count). The molecule has 1 aliphatic rings. The molecule has 4 nitrogen and oxygen atoms in total. The summed E-state index contributed by atoms with van der Waals surface area (Å²) in [6.45, 7) is 7.10. The Labute approximate surface area is 135 Å². The first-order valence-corrected chi connectivity index (χ1v) is 8.85. The number of hydrogen-bond acceptors (Lipinski definition) is 3.